The van der Waals surface area contributed by atoms with E-state index in [-0.39, 0.29) is 23.8 Å². The molecule has 212 valence electrons. The SMILES string of the molecule is COc1ccc(CC(=O)NC(C)c2nc3ccccc3n2CCCCOc2ccc(C(C)(C)C)cc2)cc1OC. The van der Waals surface area contributed by atoms with Gasteiger partial charge in [0.1, 0.15) is 11.6 Å². The lowest BCUT2D eigenvalue weighted by atomic mass is 9.87. The third-order valence-electron chi connectivity index (χ3n) is 7.03. The summed E-state index contributed by atoms with van der Waals surface area (Å²) in [7, 11) is 3.18. The smallest absolute Gasteiger partial charge is 0.224 e. The van der Waals surface area contributed by atoms with Crippen LogP contribution in [-0.4, -0.2) is 36.3 Å². The molecule has 1 N–H and O–H groups in total. The second-order valence-electron chi connectivity index (χ2n) is 11.1. The number of carbonyl (C=O) groups excluding carboxylic acids is 1. The quantitative estimate of drug-likeness (QED) is 0.203. The fourth-order valence-electron chi connectivity index (χ4n) is 4.81. The Kier molecular flexibility index (Phi) is 9.35. The Labute approximate surface area is 237 Å². The Morgan fingerprint density at radius 2 is 1.68 bits per heavy atom. The van der Waals surface area contributed by atoms with Crippen molar-refractivity contribution in [3.05, 3.63) is 83.7 Å². The number of fused-ring (bicyclic) bond motifs is 1. The summed E-state index contributed by atoms with van der Waals surface area (Å²) >= 11 is 0. The first-order chi connectivity index (χ1) is 19.2. The first-order valence-electron chi connectivity index (χ1n) is 13.9. The highest BCUT2D eigenvalue weighted by molar-refractivity contribution is 5.80. The molecule has 1 aromatic heterocycles. The van der Waals surface area contributed by atoms with Crippen LogP contribution in [0.3, 0.4) is 0 Å². The lowest BCUT2D eigenvalue weighted by Crippen LogP contribution is -2.30. The molecule has 1 amide bonds. The molecule has 0 saturated heterocycles. The van der Waals surface area contributed by atoms with Crippen molar-refractivity contribution in [2.24, 2.45) is 0 Å². The van der Waals surface area contributed by atoms with Crippen LogP contribution in [0.2, 0.25) is 0 Å². The zero-order chi connectivity index (χ0) is 28.7. The Morgan fingerprint density at radius 1 is 0.950 bits per heavy atom. The van der Waals surface area contributed by atoms with Crippen molar-refractivity contribution in [1.29, 1.82) is 0 Å². The number of methoxy groups -OCH3 is 2. The summed E-state index contributed by atoms with van der Waals surface area (Å²) in [6.45, 7) is 10.0. The molecule has 3 aromatic carbocycles. The molecule has 7 nitrogen and oxygen atoms in total. The van der Waals surface area contributed by atoms with Crippen molar-refractivity contribution in [2.45, 2.75) is 65.0 Å². The average Bonchev–Trinajstić information content (AvgIpc) is 3.31. The Balaban J connectivity index is 1.36. The maximum atomic E-state index is 12.9. The first-order valence-corrected chi connectivity index (χ1v) is 13.9. The second kappa shape index (κ2) is 12.9. The fourth-order valence-corrected chi connectivity index (χ4v) is 4.81. The summed E-state index contributed by atoms with van der Waals surface area (Å²) in [5, 5.41) is 3.13. The summed E-state index contributed by atoms with van der Waals surface area (Å²) < 4.78 is 18.9. The molecule has 0 spiro atoms. The van der Waals surface area contributed by atoms with Gasteiger partial charge in [0.2, 0.25) is 5.91 Å². The van der Waals surface area contributed by atoms with Gasteiger partial charge in [-0.2, -0.15) is 0 Å². The van der Waals surface area contributed by atoms with Crippen molar-refractivity contribution in [3.8, 4) is 17.2 Å². The highest BCUT2D eigenvalue weighted by atomic mass is 16.5. The van der Waals surface area contributed by atoms with E-state index in [4.69, 9.17) is 19.2 Å². The summed E-state index contributed by atoms with van der Waals surface area (Å²) in [5.41, 5.74) is 4.27. The molecule has 1 atom stereocenters. The van der Waals surface area contributed by atoms with E-state index in [9.17, 15) is 4.79 Å². The molecular formula is C33H41N3O4. The molecule has 0 aliphatic heterocycles. The molecule has 1 heterocycles. The third kappa shape index (κ3) is 7.14. The van der Waals surface area contributed by atoms with Crippen LogP contribution in [0.15, 0.2) is 66.7 Å². The van der Waals surface area contributed by atoms with Crippen LogP contribution in [0.1, 0.15) is 63.5 Å². The zero-order valence-corrected chi connectivity index (χ0v) is 24.5. The Hall–Kier alpha value is -4.00. The topological polar surface area (TPSA) is 74.6 Å². The molecule has 40 heavy (non-hydrogen) atoms. The van der Waals surface area contributed by atoms with Gasteiger partial charge < -0.3 is 24.1 Å². The van der Waals surface area contributed by atoms with Crippen LogP contribution in [-0.2, 0) is 23.2 Å². The van der Waals surface area contributed by atoms with Crippen LogP contribution in [0, 0.1) is 0 Å². The number of nitrogens with one attached hydrogen (secondary N) is 1. The minimum Gasteiger partial charge on any atom is -0.494 e. The van der Waals surface area contributed by atoms with Crippen molar-refractivity contribution in [1.82, 2.24) is 14.9 Å². The van der Waals surface area contributed by atoms with Crippen LogP contribution < -0.4 is 19.5 Å². The number of carbonyl (C=O) groups is 1. The van der Waals surface area contributed by atoms with E-state index in [0.29, 0.717) is 18.1 Å². The van der Waals surface area contributed by atoms with Gasteiger partial charge in [0.15, 0.2) is 11.5 Å². The minimum absolute atomic E-state index is 0.0794. The Bertz CT molecular complexity index is 1420. The van der Waals surface area contributed by atoms with Gasteiger partial charge in [-0.05, 0) is 72.7 Å². The first kappa shape index (κ1) is 29.0. The fraction of sp³-hybridized carbons (Fsp3) is 0.394. The summed E-state index contributed by atoms with van der Waals surface area (Å²) in [5.74, 6) is 2.91. The molecule has 0 bridgehead atoms. The number of rotatable bonds is 12. The second-order valence-corrected chi connectivity index (χ2v) is 11.1. The van der Waals surface area contributed by atoms with Crippen molar-refractivity contribution in [3.63, 3.8) is 0 Å². The summed E-state index contributed by atoms with van der Waals surface area (Å²) in [6, 6.07) is 21.8. The monoisotopic (exact) mass is 543 g/mol. The lowest BCUT2D eigenvalue weighted by Gasteiger charge is -2.19. The van der Waals surface area contributed by atoms with Gasteiger partial charge >= 0.3 is 0 Å². The number of hydrogen-bond acceptors (Lipinski definition) is 5. The molecular weight excluding hydrogens is 502 g/mol. The number of unbranched alkanes of at least 4 members (excludes halogenated alkanes) is 1. The molecule has 0 radical (unpaired) electrons. The molecule has 4 aromatic rings. The summed E-state index contributed by atoms with van der Waals surface area (Å²) in [4.78, 5) is 17.8. The summed E-state index contributed by atoms with van der Waals surface area (Å²) in [6.07, 6.45) is 2.08. The molecule has 4 rings (SSSR count). The maximum absolute atomic E-state index is 12.9. The molecule has 0 aliphatic carbocycles. The van der Waals surface area contributed by atoms with Crippen LogP contribution >= 0.6 is 0 Å². The largest absolute Gasteiger partial charge is 0.494 e. The van der Waals surface area contributed by atoms with Crippen molar-refractivity contribution < 1.29 is 19.0 Å². The van der Waals surface area contributed by atoms with Crippen LogP contribution in [0.5, 0.6) is 17.2 Å². The van der Waals surface area contributed by atoms with Gasteiger partial charge in [-0.15, -0.1) is 0 Å². The standard InChI is InChI=1S/C33H41N3O4/c1-23(34-31(37)22-24-13-18-29(38-5)30(21-24)39-6)32-35-27-11-7-8-12-28(27)36(32)19-9-10-20-40-26-16-14-25(15-17-26)33(2,3)4/h7-8,11-18,21,23H,9-10,19-20,22H2,1-6H3,(H,34,37). The van der Waals surface area contributed by atoms with Crippen LogP contribution in [0.25, 0.3) is 11.0 Å². The lowest BCUT2D eigenvalue weighted by molar-refractivity contribution is -0.121. The maximum Gasteiger partial charge on any atom is 0.224 e. The van der Waals surface area contributed by atoms with E-state index in [1.807, 2.05) is 43.3 Å². The Morgan fingerprint density at radius 3 is 2.38 bits per heavy atom. The molecule has 7 heteroatoms. The number of nitrogens with zero attached hydrogens (tertiary/aromatic N) is 2. The highest BCUT2D eigenvalue weighted by Gasteiger charge is 2.19. The van der Waals surface area contributed by atoms with Gasteiger partial charge in [0.05, 0.1) is 44.3 Å². The van der Waals surface area contributed by atoms with Crippen molar-refractivity contribution in [2.75, 3.05) is 20.8 Å². The number of aryl methyl sites for hydroxylation is 1. The number of amides is 1. The number of aromatic nitrogens is 2. The van der Waals surface area contributed by atoms with E-state index >= 15 is 0 Å². The normalized spacial score (nSPS) is 12.2. The molecule has 1 unspecified atom stereocenters. The van der Waals surface area contributed by atoms with Crippen molar-refractivity contribution >= 4 is 16.9 Å². The third-order valence-corrected chi connectivity index (χ3v) is 7.03. The molecule has 0 saturated carbocycles. The number of benzene rings is 3. The van der Waals surface area contributed by atoms with Gasteiger partial charge in [0.25, 0.3) is 0 Å². The minimum atomic E-state index is -0.252. The highest BCUT2D eigenvalue weighted by Crippen LogP contribution is 2.28. The number of imidazole rings is 1. The van der Waals surface area contributed by atoms with E-state index in [2.05, 4.69) is 61.0 Å². The van der Waals surface area contributed by atoms with E-state index in [1.54, 1.807) is 14.2 Å². The number of hydrogen-bond donors (Lipinski definition) is 1. The van der Waals surface area contributed by atoms with Gasteiger partial charge in [-0.1, -0.05) is 51.1 Å². The number of para-hydroxylation sites is 2. The molecule has 0 aliphatic rings. The predicted octanol–water partition coefficient (Wildman–Crippen LogP) is 6.63. The average molecular weight is 544 g/mol. The zero-order valence-electron chi connectivity index (χ0n) is 24.5. The number of ether oxygens (including phenoxy) is 3. The molecule has 0 fully saturated rings. The van der Waals surface area contributed by atoms with Gasteiger partial charge in [-0.25, -0.2) is 4.98 Å². The predicted molar refractivity (Wildman–Crippen MR) is 159 cm³/mol. The van der Waals surface area contributed by atoms with Gasteiger partial charge in [0, 0.05) is 6.54 Å². The van der Waals surface area contributed by atoms with Gasteiger partial charge in [-0.3, -0.25) is 4.79 Å². The van der Waals surface area contributed by atoms with E-state index in [0.717, 1.165) is 47.6 Å². The van der Waals surface area contributed by atoms with Crippen LogP contribution in [0.4, 0.5) is 0 Å². The van der Waals surface area contributed by atoms with E-state index < -0.39 is 0 Å². The van der Waals surface area contributed by atoms with E-state index in [1.165, 1.54) is 5.56 Å².